The number of carbonyl (C=O) groups excluding carboxylic acids is 1. The van der Waals surface area contributed by atoms with Gasteiger partial charge in [0, 0.05) is 6.54 Å². The Morgan fingerprint density at radius 1 is 1.37 bits per heavy atom. The van der Waals surface area contributed by atoms with Gasteiger partial charge in [0.25, 0.3) is 0 Å². The number of ether oxygens (including phenoxy) is 1. The minimum atomic E-state index is -0.432. The number of amides is 1. The Morgan fingerprint density at radius 3 is 2.95 bits per heavy atom. The van der Waals surface area contributed by atoms with Crippen molar-refractivity contribution in [3.63, 3.8) is 0 Å². The number of nitrogens with zero attached hydrogens (tertiary/aromatic N) is 1. The van der Waals surface area contributed by atoms with Crippen LogP contribution in [0.15, 0.2) is 48.9 Å². The maximum Gasteiger partial charge on any atom is 0.407 e. The third kappa shape index (κ3) is 4.67. The van der Waals surface area contributed by atoms with Crippen molar-refractivity contribution in [2.75, 3.05) is 6.54 Å². The summed E-state index contributed by atoms with van der Waals surface area (Å²) in [6.07, 6.45) is 6.52. The van der Waals surface area contributed by atoms with E-state index >= 15 is 0 Å². The lowest BCUT2D eigenvalue weighted by Gasteiger charge is -2.04. The molecule has 0 spiro atoms. The zero-order valence-corrected chi connectivity index (χ0v) is 10.4. The SMILES string of the molecule is O=C(NCC=Cc1cnc[nH]1)OCc1ccccc1. The van der Waals surface area contributed by atoms with Gasteiger partial charge in [0.15, 0.2) is 0 Å². The van der Waals surface area contributed by atoms with Crippen LogP contribution in [0.25, 0.3) is 6.08 Å². The number of rotatable bonds is 5. The lowest BCUT2D eigenvalue weighted by Crippen LogP contribution is -2.24. The quantitative estimate of drug-likeness (QED) is 0.864. The third-order valence-corrected chi connectivity index (χ3v) is 2.39. The zero-order chi connectivity index (χ0) is 13.3. The summed E-state index contributed by atoms with van der Waals surface area (Å²) in [4.78, 5) is 18.2. The van der Waals surface area contributed by atoms with Crippen molar-refractivity contribution in [1.29, 1.82) is 0 Å². The molecule has 5 heteroatoms. The molecule has 19 heavy (non-hydrogen) atoms. The van der Waals surface area contributed by atoms with E-state index in [4.69, 9.17) is 4.74 Å². The second-order valence-corrected chi connectivity index (χ2v) is 3.85. The Bertz CT molecular complexity index is 521. The molecule has 1 aromatic carbocycles. The van der Waals surface area contributed by atoms with Gasteiger partial charge in [-0.1, -0.05) is 36.4 Å². The fourth-order valence-corrected chi connectivity index (χ4v) is 1.46. The molecule has 2 aromatic rings. The van der Waals surface area contributed by atoms with Crippen LogP contribution >= 0.6 is 0 Å². The van der Waals surface area contributed by atoms with Gasteiger partial charge in [-0.15, -0.1) is 0 Å². The highest BCUT2D eigenvalue weighted by molar-refractivity contribution is 5.67. The van der Waals surface area contributed by atoms with Gasteiger partial charge >= 0.3 is 6.09 Å². The molecule has 0 aliphatic rings. The van der Waals surface area contributed by atoms with Gasteiger partial charge in [0.05, 0.1) is 18.2 Å². The Morgan fingerprint density at radius 2 is 2.21 bits per heavy atom. The number of imidazole rings is 1. The standard InChI is InChI=1S/C14H15N3O2/c18-14(19-10-12-5-2-1-3-6-12)16-8-4-7-13-9-15-11-17-13/h1-7,9,11H,8,10H2,(H,15,17)(H,16,18). The first-order chi connectivity index (χ1) is 9.34. The Labute approximate surface area is 111 Å². The molecular formula is C14H15N3O2. The first kappa shape index (κ1) is 12.9. The molecule has 2 N–H and O–H groups in total. The predicted molar refractivity (Wildman–Crippen MR) is 72.3 cm³/mol. The normalized spacial score (nSPS) is 10.5. The zero-order valence-electron chi connectivity index (χ0n) is 10.4. The molecular weight excluding hydrogens is 242 g/mol. The molecule has 0 saturated carbocycles. The van der Waals surface area contributed by atoms with Crippen LogP contribution in [0.2, 0.25) is 0 Å². The van der Waals surface area contributed by atoms with E-state index in [0.29, 0.717) is 6.54 Å². The smallest absolute Gasteiger partial charge is 0.407 e. The van der Waals surface area contributed by atoms with Gasteiger partial charge in [0.2, 0.25) is 0 Å². The summed E-state index contributed by atoms with van der Waals surface area (Å²) >= 11 is 0. The van der Waals surface area contributed by atoms with E-state index in [9.17, 15) is 4.79 Å². The second-order valence-electron chi connectivity index (χ2n) is 3.85. The fourth-order valence-electron chi connectivity index (χ4n) is 1.46. The first-order valence-corrected chi connectivity index (χ1v) is 5.94. The Balaban J connectivity index is 1.65. The molecule has 0 saturated heterocycles. The minimum absolute atomic E-state index is 0.275. The number of alkyl carbamates (subject to hydrolysis) is 1. The van der Waals surface area contributed by atoms with Gasteiger partial charge in [-0.3, -0.25) is 0 Å². The highest BCUT2D eigenvalue weighted by Gasteiger charge is 1.99. The molecule has 0 aliphatic heterocycles. The predicted octanol–water partition coefficient (Wildman–Crippen LogP) is 2.35. The van der Waals surface area contributed by atoms with E-state index in [-0.39, 0.29) is 6.61 Å². The molecule has 0 aliphatic carbocycles. The minimum Gasteiger partial charge on any atom is -0.445 e. The number of benzene rings is 1. The average molecular weight is 257 g/mol. The number of aromatic nitrogens is 2. The Hall–Kier alpha value is -2.56. The van der Waals surface area contributed by atoms with Gasteiger partial charge in [-0.2, -0.15) is 0 Å². The number of H-pyrrole nitrogens is 1. The molecule has 0 bridgehead atoms. The monoisotopic (exact) mass is 257 g/mol. The van der Waals surface area contributed by atoms with Crippen molar-refractivity contribution in [1.82, 2.24) is 15.3 Å². The summed E-state index contributed by atoms with van der Waals surface area (Å²) in [5, 5.41) is 2.63. The topological polar surface area (TPSA) is 67.0 Å². The van der Waals surface area contributed by atoms with Crippen molar-refractivity contribution in [3.05, 3.63) is 60.2 Å². The van der Waals surface area contributed by atoms with E-state index in [1.54, 1.807) is 12.5 Å². The summed E-state index contributed by atoms with van der Waals surface area (Å²) in [5.41, 5.74) is 1.85. The van der Waals surface area contributed by atoms with Crippen LogP contribution in [0, 0.1) is 0 Å². The van der Waals surface area contributed by atoms with Crippen LogP contribution in [-0.4, -0.2) is 22.6 Å². The molecule has 2 rings (SSSR count). The molecule has 0 unspecified atom stereocenters. The highest BCUT2D eigenvalue weighted by atomic mass is 16.5. The number of carbonyl (C=O) groups is 1. The summed E-state index contributed by atoms with van der Waals surface area (Å²) in [6.45, 7) is 0.684. The summed E-state index contributed by atoms with van der Waals surface area (Å²) < 4.78 is 5.06. The molecule has 1 amide bonds. The Kier molecular flexibility index (Phi) is 4.75. The summed E-state index contributed by atoms with van der Waals surface area (Å²) in [6, 6.07) is 9.55. The summed E-state index contributed by atoms with van der Waals surface area (Å²) in [5.74, 6) is 0. The lowest BCUT2D eigenvalue weighted by atomic mass is 10.2. The van der Waals surface area contributed by atoms with Gasteiger partial charge in [-0.05, 0) is 11.6 Å². The molecule has 98 valence electrons. The van der Waals surface area contributed by atoms with Crippen LogP contribution in [0.4, 0.5) is 4.79 Å². The molecule has 1 aromatic heterocycles. The van der Waals surface area contributed by atoms with E-state index < -0.39 is 6.09 Å². The number of nitrogens with one attached hydrogen (secondary N) is 2. The number of hydrogen-bond acceptors (Lipinski definition) is 3. The highest BCUT2D eigenvalue weighted by Crippen LogP contribution is 2.00. The van der Waals surface area contributed by atoms with Crippen molar-refractivity contribution >= 4 is 12.2 Å². The van der Waals surface area contributed by atoms with Crippen molar-refractivity contribution in [2.24, 2.45) is 0 Å². The molecule has 0 atom stereocenters. The molecule has 1 heterocycles. The fraction of sp³-hybridized carbons (Fsp3) is 0.143. The van der Waals surface area contributed by atoms with Crippen LogP contribution in [-0.2, 0) is 11.3 Å². The summed E-state index contributed by atoms with van der Waals surface area (Å²) in [7, 11) is 0. The van der Waals surface area contributed by atoms with Crippen LogP contribution in [0.5, 0.6) is 0 Å². The van der Waals surface area contributed by atoms with Gasteiger partial charge in [0.1, 0.15) is 6.61 Å². The molecule has 5 nitrogen and oxygen atoms in total. The molecule has 0 radical (unpaired) electrons. The maximum absolute atomic E-state index is 11.4. The number of hydrogen-bond donors (Lipinski definition) is 2. The maximum atomic E-state index is 11.4. The van der Waals surface area contributed by atoms with E-state index in [0.717, 1.165) is 11.3 Å². The van der Waals surface area contributed by atoms with Crippen LogP contribution < -0.4 is 5.32 Å². The second kappa shape index (κ2) is 7.00. The number of aromatic amines is 1. The third-order valence-electron chi connectivity index (χ3n) is 2.39. The van der Waals surface area contributed by atoms with Crippen LogP contribution in [0.3, 0.4) is 0 Å². The largest absolute Gasteiger partial charge is 0.445 e. The lowest BCUT2D eigenvalue weighted by molar-refractivity contribution is 0.141. The van der Waals surface area contributed by atoms with E-state index in [1.165, 1.54) is 0 Å². The van der Waals surface area contributed by atoms with E-state index in [1.807, 2.05) is 42.5 Å². The average Bonchev–Trinajstić information content (AvgIpc) is 2.96. The van der Waals surface area contributed by atoms with Gasteiger partial charge < -0.3 is 15.0 Å². The first-order valence-electron chi connectivity index (χ1n) is 5.94. The van der Waals surface area contributed by atoms with Gasteiger partial charge in [-0.25, -0.2) is 9.78 Å². The molecule has 0 fully saturated rings. The van der Waals surface area contributed by atoms with Crippen LogP contribution in [0.1, 0.15) is 11.3 Å². The van der Waals surface area contributed by atoms with Crippen molar-refractivity contribution < 1.29 is 9.53 Å². The van der Waals surface area contributed by atoms with E-state index in [2.05, 4.69) is 15.3 Å². The van der Waals surface area contributed by atoms with Crippen molar-refractivity contribution in [3.8, 4) is 0 Å². The van der Waals surface area contributed by atoms with Crippen molar-refractivity contribution in [2.45, 2.75) is 6.61 Å².